The van der Waals surface area contributed by atoms with Gasteiger partial charge in [-0.05, 0) is 30.7 Å². The zero-order chi connectivity index (χ0) is 17.7. The third kappa shape index (κ3) is 7.79. The average molecular weight is 345 g/mol. The number of rotatable bonds is 12. The molecule has 25 heavy (non-hydrogen) atoms. The first kappa shape index (κ1) is 18.9. The van der Waals surface area contributed by atoms with Crippen LogP contribution >= 0.6 is 0 Å². The van der Waals surface area contributed by atoms with E-state index in [1.807, 2.05) is 30.3 Å². The molecule has 0 saturated heterocycles. The molecule has 0 aliphatic rings. The Labute approximate surface area is 149 Å². The zero-order valence-electron chi connectivity index (χ0n) is 14.8. The molecule has 1 amide bonds. The number of benzene rings is 1. The number of hydrogen-bond acceptors (Lipinski definition) is 4. The van der Waals surface area contributed by atoms with Crippen molar-refractivity contribution in [1.29, 1.82) is 0 Å². The van der Waals surface area contributed by atoms with Crippen molar-refractivity contribution in [1.82, 2.24) is 5.32 Å². The Bertz CT molecular complexity index is 610. The highest BCUT2D eigenvalue weighted by atomic mass is 16.5. The van der Waals surface area contributed by atoms with Gasteiger partial charge >= 0.3 is 0 Å². The summed E-state index contributed by atoms with van der Waals surface area (Å²) in [5, 5.41) is 2.74. The minimum Gasteiger partial charge on any atom is -0.493 e. The fourth-order valence-corrected chi connectivity index (χ4v) is 2.35. The van der Waals surface area contributed by atoms with Gasteiger partial charge in [-0.1, -0.05) is 38.7 Å². The molecule has 0 bridgehead atoms. The summed E-state index contributed by atoms with van der Waals surface area (Å²) in [7, 11) is 0. The van der Waals surface area contributed by atoms with Gasteiger partial charge in [0, 0.05) is 6.07 Å². The lowest BCUT2D eigenvalue weighted by atomic mass is 10.2. The standard InChI is InChI=1S/C20H27NO4/c1-2-3-4-5-6-12-23-17-9-7-10-18(14-17)25-16-20(22)21-15-19-11-8-13-24-19/h7-11,13-14H,2-6,12,15-16H2,1H3,(H,21,22). The van der Waals surface area contributed by atoms with Crippen LogP contribution in [0.3, 0.4) is 0 Å². The van der Waals surface area contributed by atoms with Gasteiger partial charge in [0.25, 0.3) is 5.91 Å². The topological polar surface area (TPSA) is 60.7 Å². The Morgan fingerprint density at radius 2 is 1.84 bits per heavy atom. The zero-order valence-corrected chi connectivity index (χ0v) is 14.8. The first-order valence-corrected chi connectivity index (χ1v) is 8.92. The van der Waals surface area contributed by atoms with Crippen molar-refractivity contribution < 1.29 is 18.7 Å². The lowest BCUT2D eigenvalue weighted by molar-refractivity contribution is -0.123. The molecule has 0 atom stereocenters. The van der Waals surface area contributed by atoms with E-state index in [4.69, 9.17) is 13.9 Å². The van der Waals surface area contributed by atoms with Crippen LogP contribution in [-0.4, -0.2) is 19.1 Å². The molecule has 0 saturated carbocycles. The molecule has 0 fully saturated rings. The van der Waals surface area contributed by atoms with Gasteiger partial charge in [0.1, 0.15) is 17.3 Å². The smallest absolute Gasteiger partial charge is 0.258 e. The normalized spacial score (nSPS) is 10.4. The third-order valence-electron chi connectivity index (χ3n) is 3.73. The molecule has 2 rings (SSSR count). The van der Waals surface area contributed by atoms with Crippen LogP contribution in [0.4, 0.5) is 0 Å². The second-order valence-corrected chi connectivity index (χ2v) is 5.88. The number of unbranched alkanes of at least 4 members (excludes halogenated alkanes) is 4. The molecule has 0 radical (unpaired) electrons. The Morgan fingerprint density at radius 3 is 2.60 bits per heavy atom. The van der Waals surface area contributed by atoms with Crippen molar-refractivity contribution in [2.24, 2.45) is 0 Å². The molecule has 0 unspecified atom stereocenters. The van der Waals surface area contributed by atoms with Crippen molar-refractivity contribution in [3.05, 3.63) is 48.4 Å². The van der Waals surface area contributed by atoms with Crippen LogP contribution in [-0.2, 0) is 11.3 Å². The number of hydrogen-bond donors (Lipinski definition) is 1. The third-order valence-corrected chi connectivity index (χ3v) is 3.73. The number of carbonyl (C=O) groups is 1. The largest absolute Gasteiger partial charge is 0.493 e. The Kier molecular flexibility index (Phi) is 8.45. The SMILES string of the molecule is CCCCCCCOc1cccc(OCC(=O)NCc2ccco2)c1. The molecule has 5 nitrogen and oxygen atoms in total. The molecule has 136 valence electrons. The molecule has 5 heteroatoms. The summed E-state index contributed by atoms with van der Waals surface area (Å²) in [5.41, 5.74) is 0. The average Bonchev–Trinajstić information content (AvgIpc) is 3.15. The van der Waals surface area contributed by atoms with Crippen molar-refractivity contribution in [2.75, 3.05) is 13.2 Å². The van der Waals surface area contributed by atoms with E-state index in [9.17, 15) is 4.79 Å². The summed E-state index contributed by atoms with van der Waals surface area (Å²) < 4.78 is 16.4. The quantitative estimate of drug-likeness (QED) is 0.582. The van der Waals surface area contributed by atoms with E-state index in [1.54, 1.807) is 12.3 Å². The van der Waals surface area contributed by atoms with Crippen molar-refractivity contribution in [3.8, 4) is 11.5 Å². The molecule has 1 aromatic carbocycles. The fraction of sp³-hybridized carbons (Fsp3) is 0.450. The predicted octanol–water partition coefficient (Wildman–Crippen LogP) is 4.32. The highest BCUT2D eigenvalue weighted by Crippen LogP contribution is 2.19. The number of nitrogens with one attached hydrogen (secondary N) is 1. The summed E-state index contributed by atoms with van der Waals surface area (Å²) in [5.74, 6) is 1.90. The Morgan fingerprint density at radius 1 is 1.04 bits per heavy atom. The monoisotopic (exact) mass is 345 g/mol. The minimum atomic E-state index is -0.196. The molecule has 1 N–H and O–H groups in total. The van der Waals surface area contributed by atoms with Crippen LogP contribution in [0.1, 0.15) is 44.8 Å². The van der Waals surface area contributed by atoms with Crippen molar-refractivity contribution in [3.63, 3.8) is 0 Å². The fourth-order valence-electron chi connectivity index (χ4n) is 2.35. The van der Waals surface area contributed by atoms with Gasteiger partial charge in [-0.25, -0.2) is 0 Å². The minimum absolute atomic E-state index is 0.0405. The van der Waals surface area contributed by atoms with E-state index >= 15 is 0 Å². The second-order valence-electron chi connectivity index (χ2n) is 5.88. The van der Waals surface area contributed by atoms with Crippen LogP contribution in [0.25, 0.3) is 0 Å². The van der Waals surface area contributed by atoms with Gasteiger partial charge < -0.3 is 19.2 Å². The highest BCUT2D eigenvalue weighted by Gasteiger charge is 2.05. The van der Waals surface area contributed by atoms with Crippen LogP contribution < -0.4 is 14.8 Å². The number of amides is 1. The van der Waals surface area contributed by atoms with Gasteiger partial charge in [0.05, 0.1) is 19.4 Å². The Balaban J connectivity index is 1.65. The number of furan rings is 1. The van der Waals surface area contributed by atoms with E-state index in [1.165, 1.54) is 25.7 Å². The van der Waals surface area contributed by atoms with Crippen LogP contribution in [0, 0.1) is 0 Å². The van der Waals surface area contributed by atoms with Gasteiger partial charge in [-0.2, -0.15) is 0 Å². The highest BCUT2D eigenvalue weighted by molar-refractivity contribution is 5.77. The van der Waals surface area contributed by atoms with E-state index in [0.29, 0.717) is 24.7 Å². The summed E-state index contributed by atoms with van der Waals surface area (Å²) in [4.78, 5) is 11.8. The van der Waals surface area contributed by atoms with E-state index < -0.39 is 0 Å². The van der Waals surface area contributed by atoms with Crippen molar-refractivity contribution in [2.45, 2.75) is 45.6 Å². The molecular formula is C20H27NO4. The van der Waals surface area contributed by atoms with Crippen LogP contribution in [0.2, 0.25) is 0 Å². The second kappa shape index (κ2) is 11.2. The van der Waals surface area contributed by atoms with Crippen LogP contribution in [0.15, 0.2) is 47.1 Å². The van der Waals surface area contributed by atoms with Gasteiger partial charge in [-0.15, -0.1) is 0 Å². The van der Waals surface area contributed by atoms with E-state index in [-0.39, 0.29) is 12.5 Å². The molecule has 0 aliphatic carbocycles. The van der Waals surface area contributed by atoms with Crippen molar-refractivity contribution >= 4 is 5.91 Å². The van der Waals surface area contributed by atoms with E-state index in [2.05, 4.69) is 12.2 Å². The molecule has 0 spiro atoms. The van der Waals surface area contributed by atoms with Gasteiger partial charge in [0.15, 0.2) is 6.61 Å². The molecular weight excluding hydrogens is 318 g/mol. The Hall–Kier alpha value is -2.43. The summed E-state index contributed by atoms with van der Waals surface area (Å²) >= 11 is 0. The van der Waals surface area contributed by atoms with Gasteiger partial charge in [-0.3, -0.25) is 4.79 Å². The lowest BCUT2D eigenvalue weighted by Crippen LogP contribution is -2.28. The lowest BCUT2D eigenvalue weighted by Gasteiger charge is -2.09. The molecule has 1 heterocycles. The predicted molar refractivity (Wildman–Crippen MR) is 96.7 cm³/mol. The maximum absolute atomic E-state index is 11.8. The van der Waals surface area contributed by atoms with E-state index in [0.717, 1.165) is 12.2 Å². The first-order valence-electron chi connectivity index (χ1n) is 8.92. The number of ether oxygens (including phenoxy) is 2. The maximum Gasteiger partial charge on any atom is 0.258 e. The number of carbonyl (C=O) groups excluding carboxylic acids is 1. The van der Waals surface area contributed by atoms with Crippen LogP contribution in [0.5, 0.6) is 11.5 Å². The molecule has 0 aliphatic heterocycles. The summed E-state index contributed by atoms with van der Waals surface area (Å²) in [6.07, 6.45) is 7.62. The summed E-state index contributed by atoms with van der Waals surface area (Å²) in [6.45, 7) is 3.23. The maximum atomic E-state index is 11.8. The van der Waals surface area contributed by atoms with Gasteiger partial charge in [0.2, 0.25) is 0 Å². The molecule has 1 aromatic heterocycles. The first-order chi connectivity index (χ1) is 12.3. The molecule has 2 aromatic rings. The summed E-state index contributed by atoms with van der Waals surface area (Å²) in [6, 6.07) is 11.0.